The highest BCUT2D eigenvalue weighted by Crippen LogP contribution is 2.25. The van der Waals surface area contributed by atoms with Gasteiger partial charge in [0.1, 0.15) is 17.2 Å². The van der Waals surface area contributed by atoms with Crippen molar-refractivity contribution in [3.05, 3.63) is 53.6 Å². The Bertz CT molecular complexity index is 702. The molecule has 0 unspecified atom stereocenters. The number of aryl methyl sites for hydroxylation is 1. The van der Waals surface area contributed by atoms with Crippen LogP contribution in [0.2, 0.25) is 0 Å². The number of Topliss-reactive ketones (excluding diaryl/α,β-unsaturated/α-hetero) is 1. The van der Waals surface area contributed by atoms with Crippen LogP contribution in [0, 0.1) is 0 Å². The molecular weight excluding hydrogens is 337 g/mol. The minimum absolute atomic E-state index is 0.180. The van der Waals surface area contributed by atoms with Gasteiger partial charge in [0.25, 0.3) is 0 Å². The van der Waals surface area contributed by atoms with Gasteiger partial charge in [0, 0.05) is 18.1 Å². The maximum absolute atomic E-state index is 12.2. The summed E-state index contributed by atoms with van der Waals surface area (Å²) in [6.07, 6.45) is -4.10. The van der Waals surface area contributed by atoms with E-state index in [4.69, 9.17) is 9.47 Å². The molecule has 0 heterocycles. The quantitative estimate of drug-likeness (QED) is 0.691. The van der Waals surface area contributed by atoms with Gasteiger partial charge in [-0.25, -0.2) is 0 Å². The van der Waals surface area contributed by atoms with E-state index in [1.165, 1.54) is 26.4 Å². The summed E-state index contributed by atoms with van der Waals surface area (Å²) in [5, 5.41) is 0. The van der Waals surface area contributed by atoms with Gasteiger partial charge in [0.2, 0.25) is 0 Å². The Morgan fingerprint density at radius 3 is 1.96 bits per heavy atom. The van der Waals surface area contributed by atoms with E-state index in [2.05, 4.69) is 4.74 Å². The minimum atomic E-state index is -4.75. The van der Waals surface area contributed by atoms with E-state index < -0.39 is 6.36 Å². The Hall–Kier alpha value is -2.70. The zero-order valence-electron chi connectivity index (χ0n) is 13.7. The maximum Gasteiger partial charge on any atom is 0.573 e. The van der Waals surface area contributed by atoms with Crippen LogP contribution in [0.25, 0.3) is 0 Å². The van der Waals surface area contributed by atoms with E-state index >= 15 is 0 Å². The van der Waals surface area contributed by atoms with Crippen LogP contribution in [0.3, 0.4) is 0 Å². The van der Waals surface area contributed by atoms with Gasteiger partial charge in [-0.2, -0.15) is 0 Å². The summed E-state index contributed by atoms with van der Waals surface area (Å²) in [5.41, 5.74) is 1.19. The van der Waals surface area contributed by atoms with Gasteiger partial charge in [-0.05, 0) is 48.4 Å². The zero-order chi connectivity index (χ0) is 18.4. The van der Waals surface area contributed by atoms with Gasteiger partial charge in [0.15, 0.2) is 5.78 Å². The standard InChI is InChI=1S/C18H17F3O4/c1-23-15-9-12(10-16(11-15)24-2)3-8-17(22)13-4-6-14(7-5-13)25-18(19,20)21/h4-7,9-11H,3,8H2,1-2H3. The molecular formula is C18H17F3O4. The third kappa shape index (κ3) is 5.70. The van der Waals surface area contributed by atoms with E-state index in [1.807, 2.05) is 0 Å². The van der Waals surface area contributed by atoms with Crippen LogP contribution in [-0.2, 0) is 6.42 Å². The molecule has 0 saturated heterocycles. The maximum atomic E-state index is 12.2. The first kappa shape index (κ1) is 18.6. The summed E-state index contributed by atoms with van der Waals surface area (Å²) in [6.45, 7) is 0. The molecule has 2 rings (SSSR count). The fraction of sp³-hybridized carbons (Fsp3) is 0.278. The first-order valence-corrected chi connectivity index (χ1v) is 7.41. The van der Waals surface area contributed by atoms with Gasteiger partial charge in [-0.1, -0.05) is 0 Å². The van der Waals surface area contributed by atoms with Crippen LogP contribution in [0.1, 0.15) is 22.3 Å². The van der Waals surface area contributed by atoms with Crippen LogP contribution in [0.5, 0.6) is 17.2 Å². The smallest absolute Gasteiger partial charge is 0.497 e. The van der Waals surface area contributed by atoms with Crippen molar-refractivity contribution in [3.8, 4) is 17.2 Å². The molecule has 0 fully saturated rings. The average Bonchev–Trinajstić information content (AvgIpc) is 2.58. The second-order valence-corrected chi connectivity index (χ2v) is 5.22. The molecule has 0 N–H and O–H groups in total. The van der Waals surface area contributed by atoms with Gasteiger partial charge in [-0.15, -0.1) is 13.2 Å². The van der Waals surface area contributed by atoms with E-state index in [1.54, 1.807) is 18.2 Å². The van der Waals surface area contributed by atoms with Crippen LogP contribution >= 0.6 is 0 Å². The molecule has 0 aromatic heterocycles. The number of carbonyl (C=O) groups is 1. The lowest BCUT2D eigenvalue weighted by molar-refractivity contribution is -0.274. The van der Waals surface area contributed by atoms with Crippen molar-refractivity contribution in [2.75, 3.05) is 14.2 Å². The highest BCUT2D eigenvalue weighted by atomic mass is 19.4. The van der Waals surface area contributed by atoms with Crippen molar-refractivity contribution >= 4 is 5.78 Å². The number of methoxy groups -OCH3 is 2. The molecule has 0 spiro atoms. The first-order chi connectivity index (χ1) is 11.8. The molecule has 134 valence electrons. The highest BCUT2D eigenvalue weighted by molar-refractivity contribution is 5.96. The Labute approximate surface area is 143 Å². The SMILES string of the molecule is COc1cc(CCC(=O)c2ccc(OC(F)(F)F)cc2)cc(OC)c1. The molecule has 2 aromatic rings. The second kappa shape index (κ2) is 7.92. The van der Waals surface area contributed by atoms with Gasteiger partial charge in [0.05, 0.1) is 14.2 Å². The number of hydrogen-bond donors (Lipinski definition) is 0. The minimum Gasteiger partial charge on any atom is -0.497 e. The fourth-order valence-electron chi connectivity index (χ4n) is 2.26. The molecule has 0 amide bonds. The van der Waals surface area contributed by atoms with Crippen molar-refractivity contribution in [1.82, 2.24) is 0 Å². The Kier molecular flexibility index (Phi) is 5.90. The van der Waals surface area contributed by atoms with Crippen molar-refractivity contribution in [2.24, 2.45) is 0 Å². The number of rotatable bonds is 7. The van der Waals surface area contributed by atoms with Gasteiger partial charge < -0.3 is 14.2 Å². The van der Waals surface area contributed by atoms with Gasteiger partial charge in [-0.3, -0.25) is 4.79 Å². The molecule has 0 bridgehead atoms. The number of halogens is 3. The average molecular weight is 354 g/mol. The Morgan fingerprint density at radius 2 is 1.48 bits per heavy atom. The van der Waals surface area contributed by atoms with E-state index in [0.29, 0.717) is 23.5 Å². The normalized spacial score (nSPS) is 11.1. The number of ether oxygens (including phenoxy) is 3. The number of benzene rings is 2. The topological polar surface area (TPSA) is 44.8 Å². The van der Waals surface area contributed by atoms with E-state index in [9.17, 15) is 18.0 Å². The molecule has 0 saturated carbocycles. The lowest BCUT2D eigenvalue weighted by atomic mass is 10.0. The zero-order valence-corrected chi connectivity index (χ0v) is 13.7. The third-order valence-corrected chi connectivity index (χ3v) is 3.46. The van der Waals surface area contributed by atoms with Crippen molar-refractivity contribution in [2.45, 2.75) is 19.2 Å². The summed E-state index contributed by atoms with van der Waals surface area (Å²) < 4.78 is 50.5. The van der Waals surface area contributed by atoms with Crippen LogP contribution in [0.4, 0.5) is 13.2 Å². The Balaban J connectivity index is 2.00. The highest BCUT2D eigenvalue weighted by Gasteiger charge is 2.31. The molecule has 0 atom stereocenters. The van der Waals surface area contributed by atoms with Gasteiger partial charge >= 0.3 is 6.36 Å². The van der Waals surface area contributed by atoms with Crippen molar-refractivity contribution < 1.29 is 32.2 Å². The molecule has 0 aliphatic rings. The van der Waals surface area contributed by atoms with Crippen molar-refractivity contribution in [1.29, 1.82) is 0 Å². The summed E-state index contributed by atoms with van der Waals surface area (Å²) in [5.74, 6) is 0.702. The molecule has 0 aliphatic heterocycles. The molecule has 0 aliphatic carbocycles. The van der Waals surface area contributed by atoms with Crippen LogP contribution in [0.15, 0.2) is 42.5 Å². The largest absolute Gasteiger partial charge is 0.573 e. The summed E-state index contributed by atoms with van der Waals surface area (Å²) in [4.78, 5) is 12.2. The number of hydrogen-bond acceptors (Lipinski definition) is 4. The second-order valence-electron chi connectivity index (χ2n) is 5.22. The molecule has 7 heteroatoms. The number of carbonyl (C=O) groups excluding carboxylic acids is 1. The van der Waals surface area contributed by atoms with E-state index in [0.717, 1.165) is 17.7 Å². The predicted octanol–water partition coefficient (Wildman–Crippen LogP) is 4.42. The third-order valence-electron chi connectivity index (χ3n) is 3.46. The predicted molar refractivity (Wildman–Crippen MR) is 85.3 cm³/mol. The summed E-state index contributed by atoms with van der Waals surface area (Å²) in [7, 11) is 3.07. The van der Waals surface area contributed by atoms with E-state index in [-0.39, 0.29) is 18.0 Å². The molecule has 2 aromatic carbocycles. The monoisotopic (exact) mass is 354 g/mol. The number of alkyl halides is 3. The summed E-state index contributed by atoms with van der Waals surface area (Å²) >= 11 is 0. The fourth-order valence-corrected chi connectivity index (χ4v) is 2.26. The molecule has 4 nitrogen and oxygen atoms in total. The molecule has 0 radical (unpaired) electrons. The lowest BCUT2D eigenvalue weighted by Crippen LogP contribution is -2.17. The Morgan fingerprint density at radius 1 is 0.920 bits per heavy atom. The summed E-state index contributed by atoms with van der Waals surface area (Å²) in [6, 6.07) is 10.2. The molecule has 25 heavy (non-hydrogen) atoms. The van der Waals surface area contributed by atoms with Crippen LogP contribution in [-0.4, -0.2) is 26.4 Å². The number of ketones is 1. The first-order valence-electron chi connectivity index (χ1n) is 7.41. The van der Waals surface area contributed by atoms with Crippen LogP contribution < -0.4 is 14.2 Å². The lowest BCUT2D eigenvalue weighted by Gasteiger charge is -2.10. The van der Waals surface area contributed by atoms with Crippen molar-refractivity contribution in [3.63, 3.8) is 0 Å².